The number of ketones is 1. The first-order valence-corrected chi connectivity index (χ1v) is 4.19. The van der Waals surface area contributed by atoms with Crippen molar-refractivity contribution in [3.63, 3.8) is 0 Å². The van der Waals surface area contributed by atoms with Crippen LogP contribution in [0.5, 0.6) is 0 Å². The van der Waals surface area contributed by atoms with Crippen LogP contribution in [0, 0.1) is 0 Å². The number of Topliss-reactive ketones (excluding diaryl/α,β-unsaturated/α-hetero) is 1. The van der Waals surface area contributed by atoms with Crippen LogP contribution < -0.4 is 0 Å². The number of fused-ring (bicyclic) bond motifs is 1. The predicted molar refractivity (Wildman–Crippen MR) is 44.7 cm³/mol. The van der Waals surface area contributed by atoms with Crippen molar-refractivity contribution >= 4 is 29.0 Å². The SMILES string of the molecule is O=C1CCc2nc(Cl)nc(Cl)c21. The molecule has 0 radical (unpaired) electrons. The third-order valence-electron chi connectivity index (χ3n) is 1.78. The molecule has 0 unspecified atom stereocenters. The number of aromatic nitrogens is 2. The van der Waals surface area contributed by atoms with Crippen LogP contribution in [0.4, 0.5) is 0 Å². The summed E-state index contributed by atoms with van der Waals surface area (Å²) in [6, 6.07) is 0. The van der Waals surface area contributed by atoms with Crippen molar-refractivity contribution in [2.24, 2.45) is 0 Å². The predicted octanol–water partition coefficient (Wildman–Crippen LogP) is 1.91. The Hall–Kier alpha value is -0.670. The highest BCUT2D eigenvalue weighted by Gasteiger charge is 2.25. The third kappa shape index (κ3) is 1.09. The Morgan fingerprint density at radius 3 is 2.67 bits per heavy atom. The first kappa shape index (κ1) is 7.95. The van der Waals surface area contributed by atoms with Crippen LogP contribution in [0.1, 0.15) is 22.5 Å². The van der Waals surface area contributed by atoms with Gasteiger partial charge in [-0.25, -0.2) is 9.97 Å². The number of halogens is 2. The van der Waals surface area contributed by atoms with Crippen LogP contribution in [0.25, 0.3) is 0 Å². The van der Waals surface area contributed by atoms with E-state index in [-0.39, 0.29) is 16.2 Å². The summed E-state index contributed by atoms with van der Waals surface area (Å²) in [4.78, 5) is 18.8. The summed E-state index contributed by atoms with van der Waals surface area (Å²) in [5, 5.41) is 0.279. The number of aryl methyl sites for hydroxylation is 1. The smallest absolute Gasteiger partial charge is 0.224 e. The van der Waals surface area contributed by atoms with E-state index >= 15 is 0 Å². The summed E-state index contributed by atoms with van der Waals surface area (Å²) < 4.78 is 0. The van der Waals surface area contributed by atoms with Gasteiger partial charge in [0, 0.05) is 6.42 Å². The Morgan fingerprint density at radius 1 is 1.17 bits per heavy atom. The van der Waals surface area contributed by atoms with E-state index in [0.29, 0.717) is 24.1 Å². The number of nitrogens with zero attached hydrogens (tertiary/aromatic N) is 2. The zero-order valence-electron chi connectivity index (χ0n) is 5.97. The topological polar surface area (TPSA) is 42.9 Å². The Labute approximate surface area is 78.7 Å². The van der Waals surface area contributed by atoms with Gasteiger partial charge in [0.2, 0.25) is 5.28 Å². The lowest BCUT2D eigenvalue weighted by molar-refractivity contribution is 0.0994. The molecule has 0 N–H and O–H groups in total. The molecule has 0 atom stereocenters. The maximum atomic E-state index is 11.2. The molecule has 1 aliphatic carbocycles. The largest absolute Gasteiger partial charge is 0.294 e. The average molecular weight is 203 g/mol. The minimum atomic E-state index is 0.00617. The minimum absolute atomic E-state index is 0.00617. The van der Waals surface area contributed by atoms with E-state index < -0.39 is 0 Å². The van der Waals surface area contributed by atoms with Crippen LogP contribution in [0.3, 0.4) is 0 Å². The van der Waals surface area contributed by atoms with Gasteiger partial charge < -0.3 is 0 Å². The lowest BCUT2D eigenvalue weighted by Crippen LogP contribution is -1.97. The molecule has 62 valence electrons. The second-order valence-electron chi connectivity index (χ2n) is 2.53. The molecule has 0 saturated heterocycles. The molecule has 1 aliphatic rings. The Balaban J connectivity index is 2.68. The Bertz CT molecular complexity index is 365. The van der Waals surface area contributed by atoms with Gasteiger partial charge in [0.1, 0.15) is 5.15 Å². The molecular formula is C7H4Cl2N2O. The van der Waals surface area contributed by atoms with Gasteiger partial charge in [0.25, 0.3) is 0 Å². The third-order valence-corrected chi connectivity index (χ3v) is 2.22. The van der Waals surface area contributed by atoms with E-state index in [1.165, 1.54) is 0 Å². The van der Waals surface area contributed by atoms with Crippen LogP contribution in [0.15, 0.2) is 0 Å². The molecule has 1 aromatic rings. The zero-order valence-corrected chi connectivity index (χ0v) is 7.48. The molecule has 0 bridgehead atoms. The molecule has 1 heterocycles. The number of hydrogen-bond donors (Lipinski definition) is 0. The molecule has 0 spiro atoms. The van der Waals surface area contributed by atoms with Crippen molar-refractivity contribution in [1.29, 1.82) is 0 Å². The molecule has 12 heavy (non-hydrogen) atoms. The second-order valence-corrected chi connectivity index (χ2v) is 3.22. The van der Waals surface area contributed by atoms with E-state index in [9.17, 15) is 4.79 Å². The van der Waals surface area contributed by atoms with Crippen LogP contribution in [0.2, 0.25) is 10.4 Å². The lowest BCUT2D eigenvalue weighted by atomic mass is 10.2. The molecule has 5 heteroatoms. The maximum absolute atomic E-state index is 11.2. The van der Waals surface area contributed by atoms with E-state index in [4.69, 9.17) is 23.2 Å². The van der Waals surface area contributed by atoms with Gasteiger partial charge in [-0.15, -0.1) is 0 Å². The van der Waals surface area contributed by atoms with Crippen LogP contribution in [-0.4, -0.2) is 15.8 Å². The molecular weight excluding hydrogens is 199 g/mol. The zero-order chi connectivity index (χ0) is 8.72. The second kappa shape index (κ2) is 2.68. The summed E-state index contributed by atoms with van der Waals surface area (Å²) in [5.74, 6) is 0.00617. The minimum Gasteiger partial charge on any atom is -0.294 e. The highest BCUT2D eigenvalue weighted by Crippen LogP contribution is 2.26. The van der Waals surface area contributed by atoms with Crippen LogP contribution in [-0.2, 0) is 6.42 Å². The molecule has 3 nitrogen and oxygen atoms in total. The molecule has 0 aliphatic heterocycles. The quantitative estimate of drug-likeness (QED) is 0.477. The highest BCUT2D eigenvalue weighted by atomic mass is 35.5. The van der Waals surface area contributed by atoms with Crippen LogP contribution >= 0.6 is 23.2 Å². The first-order valence-electron chi connectivity index (χ1n) is 3.43. The fraction of sp³-hybridized carbons (Fsp3) is 0.286. The Morgan fingerprint density at radius 2 is 1.92 bits per heavy atom. The molecule has 1 aromatic heterocycles. The van der Waals surface area contributed by atoms with E-state index in [0.717, 1.165) is 0 Å². The summed E-state index contributed by atoms with van der Waals surface area (Å²) in [5.41, 5.74) is 1.12. The summed E-state index contributed by atoms with van der Waals surface area (Å²) in [6.45, 7) is 0. The van der Waals surface area contributed by atoms with Gasteiger partial charge in [-0.05, 0) is 18.0 Å². The molecule has 0 amide bonds. The van der Waals surface area contributed by atoms with Gasteiger partial charge in [0.05, 0.1) is 11.3 Å². The van der Waals surface area contributed by atoms with Gasteiger partial charge in [-0.3, -0.25) is 4.79 Å². The number of carbonyl (C=O) groups excluding carboxylic acids is 1. The summed E-state index contributed by atoms with van der Waals surface area (Å²) in [6.07, 6.45) is 1.08. The van der Waals surface area contributed by atoms with Crippen molar-refractivity contribution in [1.82, 2.24) is 9.97 Å². The number of carbonyl (C=O) groups is 1. The fourth-order valence-electron chi connectivity index (χ4n) is 1.26. The molecule has 0 fully saturated rings. The van der Waals surface area contributed by atoms with Gasteiger partial charge in [-0.2, -0.15) is 0 Å². The van der Waals surface area contributed by atoms with Crippen molar-refractivity contribution in [3.8, 4) is 0 Å². The summed E-state index contributed by atoms with van der Waals surface area (Å²) >= 11 is 11.3. The lowest BCUT2D eigenvalue weighted by Gasteiger charge is -1.98. The van der Waals surface area contributed by atoms with Crippen molar-refractivity contribution in [2.45, 2.75) is 12.8 Å². The van der Waals surface area contributed by atoms with E-state index in [2.05, 4.69) is 9.97 Å². The van der Waals surface area contributed by atoms with E-state index in [1.807, 2.05) is 0 Å². The molecule has 0 aromatic carbocycles. The van der Waals surface area contributed by atoms with E-state index in [1.54, 1.807) is 0 Å². The monoisotopic (exact) mass is 202 g/mol. The average Bonchev–Trinajstić information content (AvgIpc) is 2.31. The molecule has 2 rings (SSSR count). The normalized spacial score (nSPS) is 15.0. The maximum Gasteiger partial charge on any atom is 0.224 e. The fourth-order valence-corrected chi connectivity index (χ4v) is 1.79. The van der Waals surface area contributed by atoms with Crippen molar-refractivity contribution in [3.05, 3.63) is 21.7 Å². The molecule has 0 saturated carbocycles. The highest BCUT2D eigenvalue weighted by molar-refractivity contribution is 6.34. The van der Waals surface area contributed by atoms with Crippen molar-refractivity contribution < 1.29 is 4.79 Å². The Kier molecular flexibility index (Phi) is 1.77. The summed E-state index contributed by atoms with van der Waals surface area (Å²) in [7, 11) is 0. The number of rotatable bonds is 0. The van der Waals surface area contributed by atoms with Gasteiger partial charge >= 0.3 is 0 Å². The number of hydrogen-bond acceptors (Lipinski definition) is 3. The first-order chi connectivity index (χ1) is 5.68. The van der Waals surface area contributed by atoms with Gasteiger partial charge in [0.15, 0.2) is 5.78 Å². The van der Waals surface area contributed by atoms with Gasteiger partial charge in [-0.1, -0.05) is 11.6 Å². The standard InChI is InChI=1S/C7H4Cl2N2O/c8-6-5-3(1-2-4(5)12)10-7(9)11-6/h1-2H2. The van der Waals surface area contributed by atoms with Crippen molar-refractivity contribution in [2.75, 3.05) is 0 Å².